The molecule has 0 aliphatic rings. The van der Waals surface area contributed by atoms with Crippen molar-refractivity contribution in [1.82, 2.24) is 4.90 Å². The van der Waals surface area contributed by atoms with E-state index in [1.807, 2.05) is 24.0 Å². The number of nitrogens with two attached hydrogens (primary N) is 1. The lowest BCUT2D eigenvalue weighted by Gasteiger charge is -2.27. The number of hydrogen-bond acceptors (Lipinski definition) is 2. The summed E-state index contributed by atoms with van der Waals surface area (Å²) in [6.07, 6.45) is 0.939. The van der Waals surface area contributed by atoms with Crippen molar-refractivity contribution in [2.45, 2.75) is 33.2 Å². The van der Waals surface area contributed by atoms with Crippen LogP contribution in [0.3, 0.4) is 0 Å². The van der Waals surface area contributed by atoms with Crippen LogP contribution in [0.2, 0.25) is 0 Å². The second-order valence-corrected chi connectivity index (χ2v) is 4.73. The van der Waals surface area contributed by atoms with Crippen LogP contribution in [0, 0.1) is 0 Å². The maximum atomic E-state index is 12.4. The minimum Gasteiger partial charge on any atom is -0.389 e. The second-order valence-electron chi connectivity index (χ2n) is 4.29. The third-order valence-corrected chi connectivity index (χ3v) is 3.35. The van der Waals surface area contributed by atoms with Crippen LogP contribution in [0.5, 0.6) is 0 Å². The zero-order chi connectivity index (χ0) is 13.7. The van der Waals surface area contributed by atoms with Crippen molar-refractivity contribution in [2.75, 3.05) is 6.54 Å². The van der Waals surface area contributed by atoms with Gasteiger partial charge in [-0.2, -0.15) is 0 Å². The number of nitrogens with zero attached hydrogens (tertiary/aromatic N) is 1. The highest BCUT2D eigenvalue weighted by Gasteiger charge is 2.18. The standard InChI is InChI=1S/C14H20N2OS/c1-4-10(3)16(5-2)14(17)12-8-6-7-11(9-12)13(15)18/h6-10H,4-5H2,1-3H3,(H2,15,18). The lowest BCUT2D eigenvalue weighted by molar-refractivity contribution is 0.0700. The number of rotatable bonds is 5. The minimum absolute atomic E-state index is 0.0324. The Hall–Kier alpha value is -1.42. The van der Waals surface area contributed by atoms with Crippen molar-refractivity contribution < 1.29 is 4.79 Å². The van der Waals surface area contributed by atoms with Gasteiger partial charge in [0.05, 0.1) is 0 Å². The topological polar surface area (TPSA) is 46.3 Å². The summed E-state index contributed by atoms with van der Waals surface area (Å²) in [5.74, 6) is 0.0324. The van der Waals surface area contributed by atoms with Crippen LogP contribution in [0.15, 0.2) is 24.3 Å². The van der Waals surface area contributed by atoms with Gasteiger partial charge in [0.15, 0.2) is 0 Å². The van der Waals surface area contributed by atoms with Gasteiger partial charge in [-0.05, 0) is 32.4 Å². The summed E-state index contributed by atoms with van der Waals surface area (Å²) in [4.78, 5) is 14.6. The highest BCUT2D eigenvalue weighted by molar-refractivity contribution is 7.80. The Morgan fingerprint density at radius 2 is 2.00 bits per heavy atom. The lowest BCUT2D eigenvalue weighted by Crippen LogP contribution is -2.38. The van der Waals surface area contributed by atoms with E-state index >= 15 is 0 Å². The molecule has 0 spiro atoms. The molecular weight excluding hydrogens is 244 g/mol. The molecular formula is C14H20N2OS. The molecule has 1 unspecified atom stereocenters. The van der Waals surface area contributed by atoms with Gasteiger partial charge >= 0.3 is 0 Å². The quantitative estimate of drug-likeness (QED) is 0.831. The monoisotopic (exact) mass is 264 g/mol. The molecule has 1 atom stereocenters. The molecule has 1 amide bonds. The Kier molecular flexibility index (Phi) is 5.28. The van der Waals surface area contributed by atoms with E-state index in [2.05, 4.69) is 13.8 Å². The number of hydrogen-bond donors (Lipinski definition) is 1. The van der Waals surface area contributed by atoms with Crippen molar-refractivity contribution in [3.63, 3.8) is 0 Å². The molecule has 2 N–H and O–H groups in total. The summed E-state index contributed by atoms with van der Waals surface area (Å²) < 4.78 is 0. The van der Waals surface area contributed by atoms with E-state index < -0.39 is 0 Å². The third kappa shape index (κ3) is 3.29. The number of carbonyl (C=O) groups is 1. The van der Waals surface area contributed by atoms with Gasteiger partial charge in [-0.1, -0.05) is 31.3 Å². The highest BCUT2D eigenvalue weighted by Crippen LogP contribution is 2.12. The van der Waals surface area contributed by atoms with Gasteiger partial charge in [0, 0.05) is 23.7 Å². The highest BCUT2D eigenvalue weighted by atomic mass is 32.1. The SMILES string of the molecule is CCC(C)N(CC)C(=O)c1cccc(C(N)=S)c1. The normalized spacial score (nSPS) is 11.9. The molecule has 0 aliphatic heterocycles. The van der Waals surface area contributed by atoms with E-state index in [0.29, 0.717) is 17.1 Å². The molecule has 0 fully saturated rings. The van der Waals surface area contributed by atoms with E-state index in [0.717, 1.165) is 12.0 Å². The summed E-state index contributed by atoms with van der Waals surface area (Å²) in [6, 6.07) is 7.42. The van der Waals surface area contributed by atoms with Gasteiger partial charge in [-0.15, -0.1) is 0 Å². The minimum atomic E-state index is 0.0324. The van der Waals surface area contributed by atoms with Gasteiger partial charge < -0.3 is 10.6 Å². The molecule has 98 valence electrons. The fourth-order valence-corrected chi connectivity index (χ4v) is 1.97. The zero-order valence-corrected chi connectivity index (χ0v) is 12.0. The van der Waals surface area contributed by atoms with Gasteiger partial charge in [0.2, 0.25) is 0 Å². The maximum absolute atomic E-state index is 12.4. The first-order chi connectivity index (χ1) is 8.51. The molecule has 0 saturated heterocycles. The Morgan fingerprint density at radius 3 is 2.50 bits per heavy atom. The molecule has 0 radical (unpaired) electrons. The number of benzene rings is 1. The van der Waals surface area contributed by atoms with Crippen LogP contribution in [-0.2, 0) is 0 Å². The fourth-order valence-electron chi connectivity index (χ4n) is 1.85. The Bertz CT molecular complexity index is 445. The first-order valence-corrected chi connectivity index (χ1v) is 6.62. The summed E-state index contributed by atoms with van der Waals surface area (Å²) in [5.41, 5.74) is 6.96. The van der Waals surface area contributed by atoms with Crippen LogP contribution in [0.1, 0.15) is 43.1 Å². The van der Waals surface area contributed by atoms with Crippen molar-refractivity contribution in [2.24, 2.45) is 5.73 Å². The Morgan fingerprint density at radius 1 is 1.39 bits per heavy atom. The van der Waals surface area contributed by atoms with Gasteiger partial charge in [0.25, 0.3) is 5.91 Å². The van der Waals surface area contributed by atoms with Gasteiger partial charge in [-0.25, -0.2) is 0 Å². The average molecular weight is 264 g/mol. The van der Waals surface area contributed by atoms with Crippen LogP contribution >= 0.6 is 12.2 Å². The smallest absolute Gasteiger partial charge is 0.254 e. The Balaban J connectivity index is 3.02. The molecule has 1 aromatic carbocycles. The number of amides is 1. The third-order valence-electron chi connectivity index (χ3n) is 3.12. The summed E-state index contributed by atoms with van der Waals surface area (Å²) in [5, 5.41) is 0. The first-order valence-electron chi connectivity index (χ1n) is 6.22. The number of thiocarbonyl (C=S) groups is 1. The summed E-state index contributed by atoms with van der Waals surface area (Å²) >= 11 is 4.93. The summed E-state index contributed by atoms with van der Waals surface area (Å²) in [6.45, 7) is 6.82. The van der Waals surface area contributed by atoms with Gasteiger partial charge in [-0.3, -0.25) is 4.79 Å². The van der Waals surface area contributed by atoms with Crippen LogP contribution < -0.4 is 5.73 Å². The van der Waals surface area contributed by atoms with Gasteiger partial charge in [0.1, 0.15) is 4.99 Å². The fraction of sp³-hybridized carbons (Fsp3) is 0.429. The van der Waals surface area contributed by atoms with E-state index in [9.17, 15) is 4.79 Å². The molecule has 0 heterocycles. The van der Waals surface area contributed by atoms with E-state index in [1.165, 1.54) is 0 Å². The van der Waals surface area contributed by atoms with E-state index in [1.54, 1.807) is 12.1 Å². The molecule has 0 saturated carbocycles. The first kappa shape index (κ1) is 14.6. The largest absolute Gasteiger partial charge is 0.389 e. The molecule has 1 aromatic rings. The molecule has 4 heteroatoms. The second kappa shape index (κ2) is 6.50. The van der Waals surface area contributed by atoms with Crippen molar-refractivity contribution in [3.8, 4) is 0 Å². The van der Waals surface area contributed by atoms with Crippen LogP contribution in [-0.4, -0.2) is 28.4 Å². The molecule has 18 heavy (non-hydrogen) atoms. The Labute approximate surface area is 114 Å². The molecule has 0 aliphatic carbocycles. The van der Waals surface area contributed by atoms with Crippen molar-refractivity contribution >= 4 is 23.1 Å². The molecule has 0 aromatic heterocycles. The number of carbonyl (C=O) groups excluding carboxylic acids is 1. The lowest BCUT2D eigenvalue weighted by atomic mass is 10.1. The molecule has 1 rings (SSSR count). The maximum Gasteiger partial charge on any atom is 0.254 e. The zero-order valence-electron chi connectivity index (χ0n) is 11.1. The molecule has 0 bridgehead atoms. The van der Waals surface area contributed by atoms with E-state index in [4.69, 9.17) is 18.0 Å². The van der Waals surface area contributed by atoms with E-state index in [-0.39, 0.29) is 11.9 Å². The average Bonchev–Trinajstić information content (AvgIpc) is 2.39. The predicted molar refractivity (Wildman–Crippen MR) is 78.8 cm³/mol. The summed E-state index contributed by atoms with van der Waals surface area (Å²) in [7, 11) is 0. The van der Waals surface area contributed by atoms with Crippen molar-refractivity contribution in [1.29, 1.82) is 0 Å². The van der Waals surface area contributed by atoms with Crippen molar-refractivity contribution in [3.05, 3.63) is 35.4 Å². The van der Waals surface area contributed by atoms with Crippen LogP contribution in [0.25, 0.3) is 0 Å². The van der Waals surface area contributed by atoms with Crippen LogP contribution in [0.4, 0.5) is 0 Å². The molecule has 3 nitrogen and oxygen atoms in total. The predicted octanol–water partition coefficient (Wildman–Crippen LogP) is 2.58.